The number of hydrogen-bond donors (Lipinski definition) is 0. The number of ether oxygens (including phenoxy) is 1. The maximum absolute atomic E-state index is 12.7. The molecular formula is C16H16F3NO2. The second kappa shape index (κ2) is 5.51. The molecule has 0 unspecified atom stereocenters. The maximum Gasteiger partial charge on any atom is 0.454 e. The summed E-state index contributed by atoms with van der Waals surface area (Å²) in [5, 5.41) is 0. The van der Waals surface area contributed by atoms with Gasteiger partial charge in [0.05, 0.1) is 12.8 Å². The zero-order chi connectivity index (χ0) is 16.7. The van der Waals surface area contributed by atoms with Crippen molar-refractivity contribution in [3.8, 4) is 11.4 Å². The first-order valence-corrected chi connectivity index (χ1v) is 6.62. The van der Waals surface area contributed by atoms with Gasteiger partial charge >= 0.3 is 6.18 Å². The number of ketones is 1. The number of Topliss-reactive ketones (excluding diaryl/α,β-unsaturated/α-hetero) is 1. The van der Waals surface area contributed by atoms with Gasteiger partial charge in [-0.15, -0.1) is 0 Å². The Morgan fingerprint density at radius 2 is 1.77 bits per heavy atom. The summed E-state index contributed by atoms with van der Waals surface area (Å²) in [5.74, 6) is -1.31. The van der Waals surface area contributed by atoms with Crippen molar-refractivity contribution in [2.75, 3.05) is 7.11 Å². The predicted octanol–water partition coefficient (Wildman–Crippen LogP) is 4.16. The monoisotopic (exact) mass is 311 g/mol. The van der Waals surface area contributed by atoms with Crippen LogP contribution in [-0.2, 0) is 0 Å². The van der Waals surface area contributed by atoms with E-state index in [1.165, 1.54) is 20.1 Å². The Hall–Kier alpha value is -2.24. The molecule has 2 aromatic rings. The summed E-state index contributed by atoms with van der Waals surface area (Å²) in [5.41, 5.74) is 1.98. The zero-order valence-electron chi connectivity index (χ0n) is 12.7. The summed E-state index contributed by atoms with van der Waals surface area (Å²) in [6.07, 6.45) is -4.89. The van der Waals surface area contributed by atoms with E-state index in [4.69, 9.17) is 4.74 Å². The summed E-state index contributed by atoms with van der Waals surface area (Å²) in [6, 6.07) is 6.65. The van der Waals surface area contributed by atoms with Crippen LogP contribution in [0.3, 0.4) is 0 Å². The Balaban J connectivity index is 2.67. The Kier molecular flexibility index (Phi) is 4.04. The maximum atomic E-state index is 12.7. The number of aromatic nitrogens is 1. The Labute approximate surface area is 126 Å². The number of hydrogen-bond acceptors (Lipinski definition) is 2. The quantitative estimate of drug-likeness (QED) is 0.797. The molecule has 0 saturated carbocycles. The molecule has 1 aromatic heterocycles. The lowest BCUT2D eigenvalue weighted by Crippen LogP contribution is -2.23. The SMILES string of the molecule is COc1ccc(C)cc1-n1c(C)cc(C(=O)C(F)(F)F)c1C. The van der Waals surface area contributed by atoms with Gasteiger partial charge in [0, 0.05) is 17.0 Å². The number of aryl methyl sites for hydroxylation is 2. The van der Waals surface area contributed by atoms with E-state index in [2.05, 4.69) is 0 Å². The smallest absolute Gasteiger partial charge is 0.454 e. The molecule has 0 saturated heterocycles. The Morgan fingerprint density at radius 1 is 1.14 bits per heavy atom. The van der Waals surface area contributed by atoms with Crippen LogP contribution in [0.4, 0.5) is 13.2 Å². The van der Waals surface area contributed by atoms with E-state index in [0.29, 0.717) is 17.1 Å². The zero-order valence-corrected chi connectivity index (χ0v) is 12.7. The topological polar surface area (TPSA) is 31.2 Å². The molecule has 0 atom stereocenters. The molecule has 3 nitrogen and oxygen atoms in total. The summed E-state index contributed by atoms with van der Waals surface area (Å²) >= 11 is 0. The van der Waals surface area contributed by atoms with Crippen LogP contribution in [0.15, 0.2) is 24.3 Å². The molecule has 1 heterocycles. The van der Waals surface area contributed by atoms with Crippen LogP contribution < -0.4 is 4.74 Å². The van der Waals surface area contributed by atoms with Crippen molar-refractivity contribution in [1.29, 1.82) is 0 Å². The lowest BCUT2D eigenvalue weighted by molar-refractivity contribution is -0.0885. The average molecular weight is 311 g/mol. The van der Waals surface area contributed by atoms with Gasteiger partial charge in [-0.25, -0.2) is 0 Å². The van der Waals surface area contributed by atoms with Crippen molar-refractivity contribution >= 4 is 5.78 Å². The van der Waals surface area contributed by atoms with Gasteiger partial charge in [0.2, 0.25) is 0 Å². The molecule has 0 aliphatic heterocycles. The first-order chi connectivity index (χ1) is 10.2. The highest BCUT2D eigenvalue weighted by molar-refractivity contribution is 6.01. The van der Waals surface area contributed by atoms with E-state index in [1.807, 2.05) is 13.0 Å². The number of nitrogens with zero attached hydrogens (tertiary/aromatic N) is 1. The minimum absolute atomic E-state index is 0.240. The van der Waals surface area contributed by atoms with Gasteiger partial charge in [-0.1, -0.05) is 6.07 Å². The third-order valence-electron chi connectivity index (χ3n) is 3.51. The lowest BCUT2D eigenvalue weighted by Gasteiger charge is -2.15. The molecule has 0 fully saturated rings. The van der Waals surface area contributed by atoms with Crippen molar-refractivity contribution in [2.24, 2.45) is 0 Å². The first kappa shape index (κ1) is 16.1. The lowest BCUT2D eigenvalue weighted by atomic mass is 10.1. The number of halogens is 3. The van der Waals surface area contributed by atoms with E-state index in [0.717, 1.165) is 5.56 Å². The fourth-order valence-corrected chi connectivity index (χ4v) is 2.49. The van der Waals surface area contributed by atoms with E-state index in [-0.39, 0.29) is 11.3 Å². The molecule has 1 aromatic carbocycles. The molecule has 0 spiro atoms. The van der Waals surface area contributed by atoms with Crippen LogP contribution in [-0.4, -0.2) is 23.6 Å². The fourth-order valence-electron chi connectivity index (χ4n) is 2.49. The van der Waals surface area contributed by atoms with Crippen molar-refractivity contribution in [1.82, 2.24) is 4.57 Å². The van der Waals surface area contributed by atoms with Gasteiger partial charge < -0.3 is 9.30 Å². The molecule has 0 bridgehead atoms. The van der Waals surface area contributed by atoms with E-state index >= 15 is 0 Å². The van der Waals surface area contributed by atoms with Gasteiger partial charge in [-0.05, 0) is 44.5 Å². The summed E-state index contributed by atoms with van der Waals surface area (Å²) < 4.78 is 44.9. The van der Waals surface area contributed by atoms with Gasteiger partial charge in [0.15, 0.2) is 0 Å². The Bertz CT molecular complexity index is 730. The minimum Gasteiger partial charge on any atom is -0.495 e. The van der Waals surface area contributed by atoms with Crippen LogP contribution in [0.2, 0.25) is 0 Å². The molecule has 118 valence electrons. The highest BCUT2D eigenvalue weighted by Gasteiger charge is 2.41. The van der Waals surface area contributed by atoms with Gasteiger partial charge in [0.1, 0.15) is 5.75 Å². The molecule has 22 heavy (non-hydrogen) atoms. The summed E-state index contributed by atoms with van der Waals surface area (Å²) in [4.78, 5) is 11.5. The number of methoxy groups -OCH3 is 1. The molecule has 0 amide bonds. The number of carbonyl (C=O) groups excluding carboxylic acids is 1. The molecule has 0 radical (unpaired) electrons. The molecule has 0 N–H and O–H groups in total. The molecular weight excluding hydrogens is 295 g/mol. The van der Waals surface area contributed by atoms with Gasteiger partial charge in [-0.2, -0.15) is 13.2 Å². The third-order valence-corrected chi connectivity index (χ3v) is 3.51. The first-order valence-electron chi connectivity index (χ1n) is 6.62. The number of alkyl halides is 3. The number of carbonyl (C=O) groups is 1. The van der Waals surface area contributed by atoms with Crippen molar-refractivity contribution in [3.63, 3.8) is 0 Å². The van der Waals surface area contributed by atoms with E-state index < -0.39 is 12.0 Å². The normalized spacial score (nSPS) is 11.6. The minimum atomic E-state index is -4.89. The van der Waals surface area contributed by atoms with Crippen molar-refractivity contribution in [3.05, 3.63) is 46.8 Å². The average Bonchev–Trinajstić information content (AvgIpc) is 2.72. The molecule has 2 rings (SSSR count). The van der Waals surface area contributed by atoms with Crippen molar-refractivity contribution < 1.29 is 22.7 Å². The van der Waals surface area contributed by atoms with Gasteiger partial charge in [-0.3, -0.25) is 4.79 Å². The van der Waals surface area contributed by atoms with Crippen LogP contribution in [0.1, 0.15) is 27.3 Å². The molecule has 0 aliphatic rings. The van der Waals surface area contributed by atoms with Crippen LogP contribution in [0.25, 0.3) is 5.69 Å². The summed E-state index contributed by atoms with van der Waals surface area (Å²) in [7, 11) is 1.49. The predicted molar refractivity (Wildman–Crippen MR) is 76.9 cm³/mol. The Morgan fingerprint density at radius 3 is 2.32 bits per heavy atom. The van der Waals surface area contributed by atoms with Crippen molar-refractivity contribution in [2.45, 2.75) is 26.9 Å². The highest BCUT2D eigenvalue weighted by Crippen LogP contribution is 2.31. The molecule has 6 heteroatoms. The molecule has 0 aliphatic carbocycles. The van der Waals surface area contributed by atoms with Gasteiger partial charge in [0.25, 0.3) is 5.78 Å². The standard InChI is InChI=1S/C16H16F3NO2/c1-9-5-6-14(22-4)13(7-9)20-10(2)8-12(11(20)3)15(21)16(17,18)19/h5-8H,1-4H3. The van der Waals surface area contributed by atoms with Crippen LogP contribution >= 0.6 is 0 Å². The third kappa shape index (κ3) is 2.73. The fraction of sp³-hybridized carbons (Fsp3) is 0.312. The highest BCUT2D eigenvalue weighted by atomic mass is 19.4. The second-order valence-corrected chi connectivity index (χ2v) is 5.12. The summed E-state index contributed by atoms with van der Waals surface area (Å²) in [6.45, 7) is 5.02. The van der Waals surface area contributed by atoms with Crippen LogP contribution in [0, 0.1) is 20.8 Å². The van der Waals surface area contributed by atoms with E-state index in [1.54, 1.807) is 23.6 Å². The number of rotatable bonds is 3. The van der Waals surface area contributed by atoms with Crippen LogP contribution in [0.5, 0.6) is 5.75 Å². The second-order valence-electron chi connectivity index (χ2n) is 5.12. The van der Waals surface area contributed by atoms with E-state index in [9.17, 15) is 18.0 Å². The number of benzene rings is 1. The largest absolute Gasteiger partial charge is 0.495 e.